The number of aromatic nitrogens is 2. The average molecular weight is 361 g/mol. The van der Waals surface area contributed by atoms with Gasteiger partial charge in [0.15, 0.2) is 5.69 Å². The lowest BCUT2D eigenvalue weighted by atomic mass is 9.97. The minimum Gasteiger partial charge on any atom is -0.465 e. The number of nitrogens with zero attached hydrogens (tertiary/aromatic N) is 2. The van der Waals surface area contributed by atoms with Crippen LogP contribution in [0.2, 0.25) is 0 Å². The molecule has 6 nitrogen and oxygen atoms in total. The normalized spacial score (nSPS) is 15.7. The summed E-state index contributed by atoms with van der Waals surface area (Å²) in [6.45, 7) is 3.92. The molecule has 136 valence electrons. The number of benzene rings is 2. The van der Waals surface area contributed by atoms with Gasteiger partial charge in [0, 0.05) is 16.9 Å². The fourth-order valence-electron chi connectivity index (χ4n) is 3.50. The molecule has 0 saturated carbocycles. The van der Waals surface area contributed by atoms with Crippen molar-refractivity contribution in [1.82, 2.24) is 10.2 Å². The van der Waals surface area contributed by atoms with Gasteiger partial charge in [0.25, 0.3) is 5.91 Å². The molecule has 4 rings (SSSR count). The van der Waals surface area contributed by atoms with Crippen LogP contribution in [0, 0.1) is 13.8 Å². The molecule has 0 fully saturated rings. The van der Waals surface area contributed by atoms with Crippen molar-refractivity contribution in [2.75, 3.05) is 12.0 Å². The maximum atomic E-state index is 13.1. The van der Waals surface area contributed by atoms with Crippen LogP contribution in [0.5, 0.6) is 0 Å². The molecule has 3 aromatic rings. The van der Waals surface area contributed by atoms with Gasteiger partial charge in [-0.3, -0.25) is 14.8 Å². The third-order valence-electron chi connectivity index (χ3n) is 4.91. The number of hydrogen-bond donors (Lipinski definition) is 1. The Balaban J connectivity index is 1.83. The lowest BCUT2D eigenvalue weighted by molar-refractivity contribution is 0.0600. The largest absolute Gasteiger partial charge is 0.465 e. The van der Waals surface area contributed by atoms with Crippen molar-refractivity contribution in [3.63, 3.8) is 0 Å². The minimum absolute atomic E-state index is 0.139. The van der Waals surface area contributed by atoms with E-state index < -0.39 is 0 Å². The molecule has 0 radical (unpaired) electrons. The van der Waals surface area contributed by atoms with Crippen molar-refractivity contribution in [3.05, 3.63) is 82.2 Å². The van der Waals surface area contributed by atoms with Gasteiger partial charge in [0.2, 0.25) is 0 Å². The maximum absolute atomic E-state index is 13.1. The summed E-state index contributed by atoms with van der Waals surface area (Å²) < 4.78 is 4.76. The third kappa shape index (κ3) is 2.70. The number of aromatic amines is 1. The van der Waals surface area contributed by atoms with E-state index in [2.05, 4.69) is 10.2 Å². The molecular weight excluding hydrogens is 342 g/mol. The smallest absolute Gasteiger partial charge is 0.337 e. The summed E-state index contributed by atoms with van der Waals surface area (Å²) in [4.78, 5) is 26.6. The first-order chi connectivity index (χ1) is 13.0. The van der Waals surface area contributed by atoms with E-state index in [1.807, 2.05) is 50.2 Å². The number of hydrogen-bond acceptors (Lipinski definition) is 4. The number of H-pyrrole nitrogens is 1. The Kier molecular flexibility index (Phi) is 4.03. The zero-order valence-corrected chi connectivity index (χ0v) is 15.3. The standard InChI is InChI=1S/C21H19N3O3/c1-12-4-10-16(11-5-12)24-19(17-13(2)22-23-18(17)20(24)25)14-6-8-15(9-7-14)21(26)27-3/h4-11,19H,1-3H3,(H,22,23)/t19-/m0/s1. The summed E-state index contributed by atoms with van der Waals surface area (Å²) in [5, 5.41) is 7.13. The van der Waals surface area contributed by atoms with Crippen LogP contribution in [0.25, 0.3) is 0 Å². The number of rotatable bonds is 3. The predicted octanol–water partition coefficient (Wildman–Crippen LogP) is 3.56. The number of carbonyl (C=O) groups excluding carboxylic acids is 2. The number of carbonyl (C=O) groups is 2. The molecule has 27 heavy (non-hydrogen) atoms. The number of aryl methyl sites for hydroxylation is 2. The van der Waals surface area contributed by atoms with Gasteiger partial charge in [-0.2, -0.15) is 5.10 Å². The molecule has 0 saturated heterocycles. The highest BCUT2D eigenvalue weighted by Gasteiger charge is 2.42. The predicted molar refractivity (Wildman–Crippen MR) is 101 cm³/mol. The maximum Gasteiger partial charge on any atom is 0.337 e. The van der Waals surface area contributed by atoms with E-state index in [9.17, 15) is 9.59 Å². The Labute approximate surface area is 156 Å². The Morgan fingerprint density at radius 3 is 2.37 bits per heavy atom. The Hall–Kier alpha value is -3.41. The fourth-order valence-corrected chi connectivity index (χ4v) is 3.50. The van der Waals surface area contributed by atoms with Gasteiger partial charge in [-0.1, -0.05) is 29.8 Å². The van der Waals surface area contributed by atoms with Crippen molar-refractivity contribution >= 4 is 17.6 Å². The summed E-state index contributed by atoms with van der Waals surface area (Å²) >= 11 is 0. The number of amides is 1. The number of anilines is 1. The molecule has 2 heterocycles. The molecule has 0 aliphatic carbocycles. The second-order valence-corrected chi connectivity index (χ2v) is 6.64. The van der Waals surface area contributed by atoms with Crippen LogP contribution in [0.4, 0.5) is 5.69 Å². The molecule has 0 spiro atoms. The van der Waals surface area contributed by atoms with Gasteiger partial charge in [-0.15, -0.1) is 0 Å². The van der Waals surface area contributed by atoms with Gasteiger partial charge in [0.05, 0.1) is 18.7 Å². The molecule has 1 N–H and O–H groups in total. The second kappa shape index (κ2) is 6.39. The van der Waals surface area contributed by atoms with Crippen molar-refractivity contribution in [2.24, 2.45) is 0 Å². The lowest BCUT2D eigenvalue weighted by Gasteiger charge is -2.26. The highest BCUT2D eigenvalue weighted by molar-refractivity contribution is 6.10. The second-order valence-electron chi connectivity index (χ2n) is 6.64. The summed E-state index contributed by atoms with van der Waals surface area (Å²) in [7, 11) is 1.35. The molecule has 1 amide bonds. The molecule has 1 aromatic heterocycles. The number of ether oxygens (including phenoxy) is 1. The van der Waals surface area contributed by atoms with Crippen molar-refractivity contribution in [3.8, 4) is 0 Å². The molecule has 1 aliphatic rings. The molecule has 6 heteroatoms. The van der Waals surface area contributed by atoms with E-state index in [1.54, 1.807) is 17.0 Å². The zero-order valence-electron chi connectivity index (χ0n) is 15.3. The van der Waals surface area contributed by atoms with E-state index >= 15 is 0 Å². The van der Waals surface area contributed by atoms with Crippen LogP contribution in [0.3, 0.4) is 0 Å². The Morgan fingerprint density at radius 2 is 1.74 bits per heavy atom. The molecule has 0 unspecified atom stereocenters. The van der Waals surface area contributed by atoms with Gasteiger partial charge >= 0.3 is 5.97 Å². The quantitative estimate of drug-likeness (QED) is 0.724. The van der Waals surface area contributed by atoms with Gasteiger partial charge in [0.1, 0.15) is 0 Å². The number of methoxy groups -OCH3 is 1. The van der Waals surface area contributed by atoms with Crippen molar-refractivity contribution in [2.45, 2.75) is 19.9 Å². The van der Waals surface area contributed by atoms with Gasteiger partial charge in [-0.25, -0.2) is 4.79 Å². The van der Waals surface area contributed by atoms with E-state index in [4.69, 9.17) is 4.74 Å². The molecular formula is C21H19N3O3. The molecule has 0 bridgehead atoms. The summed E-state index contributed by atoms with van der Waals surface area (Å²) in [5.74, 6) is -0.528. The minimum atomic E-state index is -0.389. The third-order valence-corrected chi connectivity index (χ3v) is 4.91. The highest BCUT2D eigenvalue weighted by Crippen LogP contribution is 2.42. The van der Waals surface area contributed by atoms with Crippen LogP contribution in [-0.2, 0) is 4.74 Å². The SMILES string of the molecule is COC(=O)c1ccc([C@H]2c3c(n[nH]c3C)C(=O)N2c2ccc(C)cc2)cc1. The molecule has 2 aromatic carbocycles. The van der Waals surface area contributed by atoms with Crippen molar-refractivity contribution < 1.29 is 14.3 Å². The first kappa shape index (κ1) is 17.0. The van der Waals surface area contributed by atoms with Crippen LogP contribution >= 0.6 is 0 Å². The summed E-state index contributed by atoms with van der Waals surface area (Å²) in [5.41, 5.74) is 5.47. The summed E-state index contributed by atoms with van der Waals surface area (Å²) in [6, 6.07) is 14.7. The molecule has 1 atom stereocenters. The number of fused-ring (bicyclic) bond motifs is 1. The van der Waals surface area contributed by atoms with E-state index in [-0.39, 0.29) is 17.9 Å². The average Bonchev–Trinajstić information content (AvgIpc) is 3.20. The molecule has 1 aliphatic heterocycles. The first-order valence-corrected chi connectivity index (χ1v) is 8.64. The first-order valence-electron chi connectivity index (χ1n) is 8.64. The van der Waals surface area contributed by atoms with Crippen LogP contribution in [0.1, 0.15) is 49.3 Å². The lowest BCUT2D eigenvalue weighted by Crippen LogP contribution is -2.29. The van der Waals surface area contributed by atoms with Crippen LogP contribution < -0.4 is 4.90 Å². The summed E-state index contributed by atoms with van der Waals surface area (Å²) in [6.07, 6.45) is 0. The van der Waals surface area contributed by atoms with Crippen LogP contribution in [0.15, 0.2) is 48.5 Å². The van der Waals surface area contributed by atoms with Crippen LogP contribution in [-0.4, -0.2) is 29.2 Å². The van der Waals surface area contributed by atoms with E-state index in [0.29, 0.717) is 11.3 Å². The number of nitrogens with one attached hydrogen (secondary N) is 1. The number of esters is 1. The Morgan fingerprint density at radius 1 is 1.07 bits per heavy atom. The topological polar surface area (TPSA) is 75.3 Å². The zero-order chi connectivity index (χ0) is 19.1. The monoisotopic (exact) mass is 361 g/mol. The van der Waals surface area contributed by atoms with E-state index in [1.165, 1.54) is 7.11 Å². The van der Waals surface area contributed by atoms with Gasteiger partial charge < -0.3 is 4.74 Å². The fraction of sp³-hybridized carbons (Fsp3) is 0.190. The van der Waals surface area contributed by atoms with E-state index in [0.717, 1.165) is 28.1 Å². The van der Waals surface area contributed by atoms with Gasteiger partial charge in [-0.05, 0) is 43.7 Å². The highest BCUT2D eigenvalue weighted by atomic mass is 16.5. The van der Waals surface area contributed by atoms with Crippen molar-refractivity contribution in [1.29, 1.82) is 0 Å². The Bertz CT molecular complexity index is 1020.